The van der Waals surface area contributed by atoms with E-state index < -0.39 is 97.5 Å². The van der Waals surface area contributed by atoms with Gasteiger partial charge in [-0.1, -0.05) is 402 Å². The molecular formula is C86H168O17P2. The molecule has 0 amide bonds. The fourth-order valence-corrected chi connectivity index (χ4v) is 14.9. The van der Waals surface area contributed by atoms with E-state index in [9.17, 15) is 43.2 Å². The summed E-state index contributed by atoms with van der Waals surface area (Å²) in [6.45, 7) is 11.9. The van der Waals surface area contributed by atoms with Gasteiger partial charge in [-0.3, -0.25) is 37.3 Å². The second-order valence-corrected chi connectivity index (χ2v) is 35.3. The largest absolute Gasteiger partial charge is 0.472 e. The topological polar surface area (TPSA) is 237 Å². The summed E-state index contributed by atoms with van der Waals surface area (Å²) < 4.78 is 68.8. The van der Waals surface area contributed by atoms with E-state index in [2.05, 4.69) is 48.5 Å². The van der Waals surface area contributed by atoms with Crippen molar-refractivity contribution in [1.29, 1.82) is 0 Å². The Morgan fingerprint density at radius 3 is 0.648 bits per heavy atom. The number of hydrogen-bond donors (Lipinski definition) is 3. The molecule has 0 aliphatic carbocycles. The molecule has 0 aromatic rings. The van der Waals surface area contributed by atoms with Crippen molar-refractivity contribution in [2.24, 2.45) is 17.8 Å². The summed E-state index contributed by atoms with van der Waals surface area (Å²) in [5, 5.41) is 10.7. The molecule has 2 unspecified atom stereocenters. The van der Waals surface area contributed by atoms with Crippen LogP contribution in [0.4, 0.5) is 0 Å². The number of carbonyl (C=O) groups is 4. The van der Waals surface area contributed by atoms with Crippen LogP contribution in [0, 0.1) is 17.8 Å². The van der Waals surface area contributed by atoms with E-state index in [1.165, 1.54) is 257 Å². The smallest absolute Gasteiger partial charge is 0.462 e. The van der Waals surface area contributed by atoms with Crippen molar-refractivity contribution in [3.8, 4) is 0 Å². The summed E-state index contributed by atoms with van der Waals surface area (Å²) in [6.07, 6.45) is 67.1. The number of unbranched alkanes of at least 4 members (excludes halogenated alkanes) is 52. The number of phosphoric acid groups is 2. The number of hydrogen-bond acceptors (Lipinski definition) is 15. The van der Waals surface area contributed by atoms with E-state index in [0.717, 1.165) is 108 Å². The Hall–Kier alpha value is -1.94. The zero-order valence-electron chi connectivity index (χ0n) is 69.2. The molecule has 0 rings (SSSR count). The molecule has 0 aromatic heterocycles. The van der Waals surface area contributed by atoms with Crippen LogP contribution in [-0.4, -0.2) is 96.7 Å². The van der Waals surface area contributed by atoms with Crippen LogP contribution in [0.2, 0.25) is 0 Å². The molecular weight excluding hydrogens is 1370 g/mol. The summed E-state index contributed by atoms with van der Waals surface area (Å²) in [7, 11) is -9.93. The average molecular weight is 1540 g/mol. The van der Waals surface area contributed by atoms with Gasteiger partial charge in [-0.15, -0.1) is 0 Å². The van der Waals surface area contributed by atoms with Gasteiger partial charge in [0, 0.05) is 25.7 Å². The van der Waals surface area contributed by atoms with Crippen molar-refractivity contribution in [3.63, 3.8) is 0 Å². The SMILES string of the molecule is CCCCCCCCCCCCCCCCCCCCCCCCC(=O)O[C@H](COC(=O)CCCCCCCCCCCCCCCCCCCCC(C)C)COP(=O)(O)OC[C@@H](O)COP(=O)(O)OC[C@@H](COC(=O)CCCCCCCCC(C)C)OC(=O)CCCCCCCCCCCCC(C)C. The first-order chi connectivity index (χ1) is 50.7. The van der Waals surface area contributed by atoms with Crippen LogP contribution in [0.1, 0.15) is 453 Å². The highest BCUT2D eigenvalue weighted by Gasteiger charge is 2.30. The molecule has 5 atom stereocenters. The number of esters is 4. The molecule has 17 nitrogen and oxygen atoms in total. The van der Waals surface area contributed by atoms with Gasteiger partial charge in [0.15, 0.2) is 12.2 Å². The van der Waals surface area contributed by atoms with Gasteiger partial charge in [0.1, 0.15) is 19.3 Å². The Morgan fingerprint density at radius 2 is 0.438 bits per heavy atom. The number of ether oxygens (including phenoxy) is 4. The maximum Gasteiger partial charge on any atom is 0.472 e. The zero-order chi connectivity index (χ0) is 77.2. The minimum atomic E-state index is -4.97. The molecule has 0 saturated heterocycles. The summed E-state index contributed by atoms with van der Waals surface area (Å²) in [5.74, 6) is 0.145. The molecule has 624 valence electrons. The highest BCUT2D eigenvalue weighted by atomic mass is 31.2. The third-order valence-electron chi connectivity index (χ3n) is 20.1. The molecule has 0 aliphatic heterocycles. The first kappa shape index (κ1) is 103. The fourth-order valence-electron chi connectivity index (χ4n) is 13.4. The van der Waals surface area contributed by atoms with E-state index in [0.29, 0.717) is 31.6 Å². The van der Waals surface area contributed by atoms with Crippen LogP contribution in [0.15, 0.2) is 0 Å². The number of rotatable bonds is 84. The standard InChI is InChI=1S/C86H168O17P2/c1-8-9-10-11-12-13-14-15-16-17-18-19-20-21-26-29-32-35-41-46-55-62-69-85(90)102-81(73-96-83(88)67-60-53-45-40-34-31-28-25-23-22-24-27-30-33-38-43-50-57-64-77(2)3)75-100-104(92,93)98-71-80(87)72-99-105(94,95)101-76-82(74-97-84(89)68-61-54-49-48-52-59-66-79(6)7)103-86(91)70-63-56-47-42-37-36-39-44-51-58-65-78(4)5/h77-82,87H,8-76H2,1-7H3,(H,92,93)(H,94,95)/t80-,81-,82-/m1/s1. The molecule has 0 saturated carbocycles. The molecule has 0 heterocycles. The molecule has 0 bridgehead atoms. The minimum absolute atomic E-state index is 0.105. The number of aliphatic hydroxyl groups excluding tert-OH is 1. The lowest BCUT2D eigenvalue weighted by Crippen LogP contribution is -2.30. The van der Waals surface area contributed by atoms with E-state index in [4.69, 9.17) is 37.0 Å². The van der Waals surface area contributed by atoms with Crippen molar-refractivity contribution < 1.29 is 80.2 Å². The van der Waals surface area contributed by atoms with Gasteiger partial charge in [-0.25, -0.2) is 9.13 Å². The van der Waals surface area contributed by atoms with E-state index >= 15 is 0 Å². The van der Waals surface area contributed by atoms with Gasteiger partial charge >= 0.3 is 39.5 Å². The van der Waals surface area contributed by atoms with Crippen molar-refractivity contribution in [1.82, 2.24) is 0 Å². The van der Waals surface area contributed by atoms with Gasteiger partial charge in [0.2, 0.25) is 0 Å². The van der Waals surface area contributed by atoms with E-state index in [1.54, 1.807) is 0 Å². The monoisotopic (exact) mass is 1540 g/mol. The Labute approximate surface area is 645 Å². The lowest BCUT2D eigenvalue weighted by Gasteiger charge is -2.21. The molecule has 19 heteroatoms. The van der Waals surface area contributed by atoms with Crippen LogP contribution in [-0.2, 0) is 65.4 Å². The average Bonchev–Trinajstić information content (AvgIpc) is 0.909. The Balaban J connectivity index is 5.19. The predicted molar refractivity (Wildman–Crippen MR) is 432 cm³/mol. The van der Waals surface area contributed by atoms with Gasteiger partial charge in [-0.05, 0) is 43.4 Å². The molecule has 3 N–H and O–H groups in total. The van der Waals surface area contributed by atoms with Gasteiger partial charge in [0.25, 0.3) is 0 Å². The van der Waals surface area contributed by atoms with E-state index in [1.807, 2.05) is 0 Å². The predicted octanol–water partition coefficient (Wildman–Crippen LogP) is 26.1. The van der Waals surface area contributed by atoms with Crippen molar-refractivity contribution in [2.45, 2.75) is 471 Å². The number of aliphatic hydroxyl groups is 1. The quantitative estimate of drug-likeness (QED) is 0.0222. The second-order valence-electron chi connectivity index (χ2n) is 32.4. The Bertz CT molecular complexity index is 2030. The van der Waals surface area contributed by atoms with Crippen LogP contribution >= 0.6 is 15.6 Å². The maximum atomic E-state index is 13.1. The summed E-state index contributed by atoms with van der Waals surface area (Å²) in [4.78, 5) is 73.1. The molecule has 0 aromatic carbocycles. The van der Waals surface area contributed by atoms with Gasteiger partial charge in [0.05, 0.1) is 26.4 Å². The first-order valence-corrected chi connectivity index (χ1v) is 47.3. The summed E-state index contributed by atoms with van der Waals surface area (Å²) in [5.41, 5.74) is 0. The Morgan fingerprint density at radius 1 is 0.257 bits per heavy atom. The summed E-state index contributed by atoms with van der Waals surface area (Å²) in [6, 6.07) is 0. The molecule has 105 heavy (non-hydrogen) atoms. The van der Waals surface area contributed by atoms with Crippen molar-refractivity contribution in [3.05, 3.63) is 0 Å². The van der Waals surface area contributed by atoms with Gasteiger partial charge < -0.3 is 33.8 Å². The van der Waals surface area contributed by atoms with Crippen LogP contribution in [0.5, 0.6) is 0 Å². The molecule has 0 spiro atoms. The fraction of sp³-hybridized carbons (Fsp3) is 0.953. The van der Waals surface area contributed by atoms with Crippen molar-refractivity contribution >= 4 is 39.5 Å². The second kappa shape index (κ2) is 76.1. The highest BCUT2D eigenvalue weighted by Crippen LogP contribution is 2.45. The van der Waals surface area contributed by atoms with Crippen LogP contribution in [0.3, 0.4) is 0 Å². The Kier molecular flexibility index (Phi) is 74.7. The zero-order valence-corrected chi connectivity index (χ0v) is 71.0. The van der Waals surface area contributed by atoms with E-state index in [-0.39, 0.29) is 25.7 Å². The van der Waals surface area contributed by atoms with Crippen molar-refractivity contribution in [2.75, 3.05) is 39.6 Å². The third kappa shape index (κ3) is 79.9. The molecule has 0 fully saturated rings. The highest BCUT2D eigenvalue weighted by molar-refractivity contribution is 7.47. The number of phosphoric ester groups is 2. The number of carbonyl (C=O) groups excluding carboxylic acids is 4. The third-order valence-corrected chi connectivity index (χ3v) is 22.0. The molecule has 0 aliphatic rings. The summed E-state index contributed by atoms with van der Waals surface area (Å²) >= 11 is 0. The maximum absolute atomic E-state index is 13.1. The normalized spacial score (nSPS) is 13.9. The minimum Gasteiger partial charge on any atom is -0.462 e. The lowest BCUT2D eigenvalue weighted by atomic mass is 10.0. The van der Waals surface area contributed by atoms with Crippen LogP contribution in [0.25, 0.3) is 0 Å². The van der Waals surface area contributed by atoms with Gasteiger partial charge in [-0.2, -0.15) is 0 Å². The first-order valence-electron chi connectivity index (χ1n) is 44.3. The lowest BCUT2D eigenvalue weighted by molar-refractivity contribution is -0.161. The van der Waals surface area contributed by atoms with Crippen LogP contribution < -0.4 is 0 Å². The molecule has 0 radical (unpaired) electrons.